The first-order valence-corrected chi connectivity index (χ1v) is 9.77. The molecule has 0 N–H and O–H groups in total. The molecule has 2 aromatic rings. The molecular weight excluding hydrogens is 386 g/mol. The summed E-state index contributed by atoms with van der Waals surface area (Å²) in [5.41, 5.74) is 3.36. The maximum atomic E-state index is 12.3. The number of nitrogens with zero attached hydrogens (tertiary/aromatic N) is 7. The van der Waals surface area contributed by atoms with E-state index < -0.39 is 0 Å². The van der Waals surface area contributed by atoms with Gasteiger partial charge in [0.05, 0.1) is 17.1 Å². The molecule has 0 amide bonds. The van der Waals surface area contributed by atoms with Gasteiger partial charge >= 0.3 is 5.69 Å². The van der Waals surface area contributed by atoms with Crippen molar-refractivity contribution in [3.8, 4) is 5.69 Å². The predicted octanol–water partition coefficient (Wildman–Crippen LogP) is 2.78. The summed E-state index contributed by atoms with van der Waals surface area (Å²) in [5.74, 6) is 0.465. The van der Waals surface area contributed by atoms with E-state index in [1.807, 2.05) is 39.8 Å². The lowest BCUT2D eigenvalue weighted by Gasteiger charge is -2.13. The van der Waals surface area contributed by atoms with Crippen molar-refractivity contribution in [2.45, 2.75) is 60.7 Å². The van der Waals surface area contributed by atoms with E-state index in [1.54, 1.807) is 27.0 Å². The van der Waals surface area contributed by atoms with E-state index in [0.29, 0.717) is 29.4 Å². The Labute approximate surface area is 175 Å². The van der Waals surface area contributed by atoms with Crippen molar-refractivity contribution in [1.29, 1.82) is 0 Å². The minimum absolute atomic E-state index is 0.00379. The van der Waals surface area contributed by atoms with Crippen LogP contribution in [0.1, 0.15) is 52.2 Å². The summed E-state index contributed by atoms with van der Waals surface area (Å²) in [4.78, 5) is 17.5. The molecule has 10 heteroatoms. The van der Waals surface area contributed by atoms with Gasteiger partial charge in [-0.2, -0.15) is 14.5 Å². The third-order valence-electron chi connectivity index (χ3n) is 4.26. The van der Waals surface area contributed by atoms with Crippen LogP contribution in [-0.2, 0) is 23.2 Å². The highest BCUT2D eigenvalue weighted by Crippen LogP contribution is 2.18. The number of aryl methyl sites for hydroxylation is 2. The average Bonchev–Trinajstić information content (AvgIpc) is 3.05. The van der Waals surface area contributed by atoms with Crippen LogP contribution in [-0.4, -0.2) is 43.2 Å². The zero-order chi connectivity index (χ0) is 22.3. The maximum Gasteiger partial charge on any atom is 0.368 e. The Kier molecular flexibility index (Phi) is 8.02. The summed E-state index contributed by atoms with van der Waals surface area (Å²) in [6, 6.07) is 5.61. The van der Waals surface area contributed by atoms with E-state index >= 15 is 0 Å². The Bertz CT molecular complexity index is 1020. The van der Waals surface area contributed by atoms with Gasteiger partial charge in [-0.05, 0) is 56.7 Å². The van der Waals surface area contributed by atoms with Crippen molar-refractivity contribution >= 4 is 17.3 Å². The van der Waals surface area contributed by atoms with Crippen molar-refractivity contribution in [2.24, 2.45) is 22.4 Å². The lowest BCUT2D eigenvalue weighted by Crippen LogP contribution is -2.23. The van der Waals surface area contributed by atoms with E-state index in [9.17, 15) is 4.79 Å². The summed E-state index contributed by atoms with van der Waals surface area (Å²) in [7, 11) is 1.55. The zero-order valence-electron chi connectivity index (χ0n) is 18.6. The van der Waals surface area contributed by atoms with Gasteiger partial charge < -0.3 is 9.57 Å². The van der Waals surface area contributed by atoms with Crippen LogP contribution in [0.15, 0.2) is 38.4 Å². The smallest absolute Gasteiger partial charge is 0.368 e. The van der Waals surface area contributed by atoms with Gasteiger partial charge in [0, 0.05) is 19.0 Å². The Morgan fingerprint density at radius 3 is 2.50 bits per heavy atom. The topological polar surface area (TPSA) is 108 Å². The second kappa shape index (κ2) is 10.5. The monoisotopic (exact) mass is 415 g/mol. The highest BCUT2D eigenvalue weighted by Gasteiger charge is 2.14. The van der Waals surface area contributed by atoms with Gasteiger partial charge in [-0.1, -0.05) is 24.2 Å². The minimum atomic E-state index is -0.329. The minimum Gasteiger partial charge on any atom is -0.475 e. The quantitative estimate of drug-likeness (QED) is 0.374. The molecule has 162 valence electrons. The van der Waals surface area contributed by atoms with Crippen LogP contribution >= 0.6 is 0 Å². The van der Waals surface area contributed by atoms with Crippen LogP contribution in [0.5, 0.6) is 0 Å². The molecule has 1 heterocycles. The first-order valence-electron chi connectivity index (χ1n) is 9.77. The molecule has 30 heavy (non-hydrogen) atoms. The Morgan fingerprint density at radius 1 is 1.17 bits per heavy atom. The summed E-state index contributed by atoms with van der Waals surface area (Å²) in [6.45, 7) is 11.5. The van der Waals surface area contributed by atoms with E-state index in [1.165, 1.54) is 9.36 Å². The lowest BCUT2D eigenvalue weighted by atomic mass is 10.1. The fraction of sp³-hybridized carbons (Fsp3) is 0.500. The molecule has 0 aliphatic heterocycles. The second-order valence-corrected chi connectivity index (χ2v) is 7.02. The molecule has 1 aromatic heterocycles. The summed E-state index contributed by atoms with van der Waals surface area (Å²) >= 11 is 0. The number of hydrogen-bond donors (Lipinski definition) is 0. The average molecular weight is 415 g/mol. The van der Waals surface area contributed by atoms with E-state index in [-0.39, 0.29) is 18.4 Å². The number of tetrazole rings is 1. The van der Waals surface area contributed by atoms with E-state index in [2.05, 4.69) is 25.8 Å². The molecule has 0 bridgehead atoms. The van der Waals surface area contributed by atoms with Gasteiger partial charge in [-0.15, -0.1) is 5.10 Å². The van der Waals surface area contributed by atoms with Gasteiger partial charge in [-0.3, -0.25) is 0 Å². The van der Waals surface area contributed by atoms with Crippen molar-refractivity contribution in [2.75, 3.05) is 0 Å². The standard InChI is InChI=1S/C20H29N7O3/c1-8-19(22-21-15(5)16(6)23-30-13(2)3)29-12-17-14(4)10-9-11-18(17)27-20(28)26(7)24-25-27/h9-11,13H,8,12H2,1-7H3. The molecule has 0 saturated heterocycles. The molecule has 0 radical (unpaired) electrons. The molecule has 10 nitrogen and oxygen atoms in total. The van der Waals surface area contributed by atoms with Crippen molar-refractivity contribution in [3.63, 3.8) is 0 Å². The highest BCUT2D eigenvalue weighted by molar-refractivity contribution is 6.40. The molecule has 0 fully saturated rings. The van der Waals surface area contributed by atoms with Crippen LogP contribution in [0.2, 0.25) is 0 Å². The van der Waals surface area contributed by atoms with E-state index in [0.717, 1.165) is 11.1 Å². The summed E-state index contributed by atoms with van der Waals surface area (Å²) < 4.78 is 8.33. The molecule has 0 aliphatic rings. The number of hydrogen-bond acceptors (Lipinski definition) is 8. The second-order valence-electron chi connectivity index (χ2n) is 7.02. The van der Waals surface area contributed by atoms with Gasteiger partial charge in [0.15, 0.2) is 0 Å². The largest absolute Gasteiger partial charge is 0.475 e. The van der Waals surface area contributed by atoms with E-state index in [4.69, 9.17) is 9.57 Å². The van der Waals surface area contributed by atoms with Gasteiger partial charge in [-0.25, -0.2) is 4.79 Å². The van der Waals surface area contributed by atoms with Crippen LogP contribution in [0.4, 0.5) is 0 Å². The van der Waals surface area contributed by atoms with Crippen LogP contribution in [0, 0.1) is 6.92 Å². The number of ether oxygens (including phenoxy) is 1. The fourth-order valence-electron chi connectivity index (χ4n) is 2.35. The zero-order valence-corrected chi connectivity index (χ0v) is 18.6. The first kappa shape index (κ1) is 23.0. The van der Waals surface area contributed by atoms with Crippen molar-refractivity contribution in [1.82, 2.24) is 19.8 Å². The molecule has 0 spiro atoms. The third-order valence-corrected chi connectivity index (χ3v) is 4.26. The molecule has 0 atom stereocenters. The maximum absolute atomic E-state index is 12.3. The number of oxime groups is 1. The van der Waals surface area contributed by atoms with Gasteiger partial charge in [0.2, 0.25) is 5.90 Å². The Morgan fingerprint density at radius 2 is 1.90 bits per heavy atom. The fourth-order valence-corrected chi connectivity index (χ4v) is 2.35. The van der Waals surface area contributed by atoms with Crippen molar-refractivity contribution in [3.05, 3.63) is 39.8 Å². The van der Waals surface area contributed by atoms with Gasteiger partial charge in [0.25, 0.3) is 0 Å². The summed E-state index contributed by atoms with van der Waals surface area (Å²) in [5, 5.41) is 20.1. The number of rotatable bonds is 8. The third kappa shape index (κ3) is 5.85. The van der Waals surface area contributed by atoms with Crippen LogP contribution < -0.4 is 5.69 Å². The SMILES string of the molecule is CCC(=NN=C(C)C(C)=NOC(C)C)OCc1c(C)cccc1-n1nnn(C)c1=O. The number of aromatic nitrogens is 4. The lowest BCUT2D eigenvalue weighted by molar-refractivity contribution is 0.0863. The summed E-state index contributed by atoms with van der Waals surface area (Å²) in [6.07, 6.45) is 0.554. The molecule has 0 unspecified atom stereocenters. The van der Waals surface area contributed by atoms with Gasteiger partial charge in [0.1, 0.15) is 12.7 Å². The highest BCUT2D eigenvalue weighted by atomic mass is 16.6. The van der Waals surface area contributed by atoms with Crippen LogP contribution in [0.3, 0.4) is 0 Å². The first-order chi connectivity index (χ1) is 14.2. The van der Waals surface area contributed by atoms with Crippen LogP contribution in [0.25, 0.3) is 5.69 Å². The molecule has 1 aromatic carbocycles. The number of benzene rings is 1. The Hall–Kier alpha value is -3.30. The van der Waals surface area contributed by atoms with Crippen molar-refractivity contribution < 1.29 is 9.57 Å². The molecular formula is C20H29N7O3. The molecule has 2 rings (SSSR count). The predicted molar refractivity (Wildman–Crippen MR) is 116 cm³/mol. The molecule has 0 saturated carbocycles. The molecule has 0 aliphatic carbocycles. The normalized spacial score (nSPS) is 13.1. The Balaban J connectivity index is 2.22.